The lowest BCUT2D eigenvalue weighted by molar-refractivity contribution is -0.151. The van der Waals surface area contributed by atoms with Crippen LogP contribution in [0.2, 0.25) is 0 Å². The van der Waals surface area contributed by atoms with E-state index in [1.165, 1.54) is 31.4 Å². The van der Waals surface area contributed by atoms with Gasteiger partial charge in [0.05, 0.1) is 24.5 Å². The van der Waals surface area contributed by atoms with E-state index in [9.17, 15) is 28.0 Å². The van der Waals surface area contributed by atoms with Gasteiger partial charge in [-0.15, -0.1) is 0 Å². The van der Waals surface area contributed by atoms with Crippen LogP contribution in [-0.4, -0.2) is 80.0 Å². The second-order valence-corrected chi connectivity index (χ2v) is 10.5. The molecule has 1 unspecified atom stereocenters. The van der Waals surface area contributed by atoms with Crippen molar-refractivity contribution >= 4 is 27.8 Å². The molecule has 0 spiro atoms. The molecule has 1 heterocycles. The van der Waals surface area contributed by atoms with Gasteiger partial charge in [-0.05, 0) is 50.5 Å². The Morgan fingerprint density at radius 3 is 2.33 bits per heavy atom. The summed E-state index contributed by atoms with van der Waals surface area (Å²) in [5.41, 5.74) is 1.57. The van der Waals surface area contributed by atoms with Gasteiger partial charge in [-0.1, -0.05) is 19.8 Å². The third kappa shape index (κ3) is 7.65. The number of nitrogens with one attached hydrogen (secondary N) is 1. The van der Waals surface area contributed by atoms with E-state index in [0.717, 1.165) is 4.31 Å². The molecule has 12 heteroatoms. The van der Waals surface area contributed by atoms with Crippen LogP contribution in [0.25, 0.3) is 0 Å². The standard InChI is InChI=1S/C24H37N3O8S/c1-4-6-7-21(23(29)25-31)27(36(32,33)20-10-8-19(34-3)9-11-20)17-14-22(28)26-15-12-18(13-16-26)24(30)35-5-2/h8-11,18,21,31H,4-7,12-17H2,1-3H3,(H,25,29). The molecule has 1 atom stereocenters. The molecule has 1 aliphatic rings. The molecule has 0 aromatic heterocycles. The third-order valence-electron chi connectivity index (χ3n) is 6.27. The molecule has 2 N–H and O–H groups in total. The van der Waals surface area contributed by atoms with Crippen molar-refractivity contribution < 1.29 is 37.5 Å². The molecule has 11 nitrogen and oxygen atoms in total. The van der Waals surface area contributed by atoms with E-state index < -0.39 is 22.0 Å². The van der Waals surface area contributed by atoms with Crippen molar-refractivity contribution in [2.24, 2.45) is 5.92 Å². The number of carbonyl (C=O) groups is 3. The van der Waals surface area contributed by atoms with E-state index in [1.54, 1.807) is 17.3 Å². The number of ether oxygens (including phenoxy) is 2. The first-order valence-corrected chi connectivity index (χ1v) is 13.7. The average molecular weight is 528 g/mol. The SMILES string of the molecule is CCCCC(C(=O)NO)N(CCC(=O)N1CCC(C(=O)OCC)CC1)S(=O)(=O)c1ccc(OC)cc1. The number of amides is 2. The topological polar surface area (TPSA) is 143 Å². The lowest BCUT2D eigenvalue weighted by Crippen LogP contribution is -2.50. The lowest BCUT2D eigenvalue weighted by Gasteiger charge is -2.33. The van der Waals surface area contributed by atoms with Crippen LogP contribution in [-0.2, 0) is 29.1 Å². The number of rotatable bonds is 13. The van der Waals surface area contributed by atoms with Gasteiger partial charge in [-0.25, -0.2) is 13.9 Å². The molecule has 0 bridgehead atoms. The first-order chi connectivity index (χ1) is 17.2. The zero-order chi connectivity index (χ0) is 26.7. The Labute approximate surface area is 212 Å². The zero-order valence-corrected chi connectivity index (χ0v) is 22.0. The number of unbranched alkanes of at least 4 members (excludes halogenated alkanes) is 1. The van der Waals surface area contributed by atoms with Crippen molar-refractivity contribution in [2.45, 2.75) is 63.3 Å². The highest BCUT2D eigenvalue weighted by atomic mass is 32.2. The molecule has 1 aromatic carbocycles. The number of hydrogen-bond acceptors (Lipinski definition) is 8. The fourth-order valence-corrected chi connectivity index (χ4v) is 5.81. The quantitative estimate of drug-likeness (QED) is 0.225. The predicted molar refractivity (Wildman–Crippen MR) is 131 cm³/mol. The van der Waals surface area contributed by atoms with Crippen molar-refractivity contribution in [3.8, 4) is 5.75 Å². The molecule has 1 aliphatic heterocycles. The first-order valence-electron chi connectivity index (χ1n) is 12.2. The summed E-state index contributed by atoms with van der Waals surface area (Å²) in [5, 5.41) is 9.30. The monoisotopic (exact) mass is 527 g/mol. The Bertz CT molecular complexity index is 976. The van der Waals surface area contributed by atoms with Gasteiger partial charge >= 0.3 is 5.97 Å². The molecular formula is C24H37N3O8S. The predicted octanol–water partition coefficient (Wildman–Crippen LogP) is 1.94. The number of sulfonamides is 1. The van der Waals surface area contributed by atoms with Gasteiger partial charge in [0.1, 0.15) is 11.8 Å². The third-order valence-corrected chi connectivity index (χ3v) is 8.19. The Morgan fingerprint density at radius 1 is 1.17 bits per heavy atom. The number of likely N-dealkylation sites (tertiary alicyclic amines) is 1. The number of methoxy groups -OCH3 is 1. The summed E-state index contributed by atoms with van der Waals surface area (Å²) < 4.78 is 38.3. The smallest absolute Gasteiger partial charge is 0.309 e. The summed E-state index contributed by atoms with van der Waals surface area (Å²) in [7, 11) is -2.73. The second-order valence-electron chi connectivity index (χ2n) is 8.58. The van der Waals surface area contributed by atoms with E-state index in [2.05, 4.69) is 0 Å². The minimum atomic E-state index is -4.19. The summed E-state index contributed by atoms with van der Waals surface area (Å²) in [6, 6.07) is 4.55. The van der Waals surface area contributed by atoms with Crippen LogP contribution in [0.3, 0.4) is 0 Å². The Morgan fingerprint density at radius 2 is 1.81 bits per heavy atom. The van der Waals surface area contributed by atoms with Gasteiger partial charge in [-0.2, -0.15) is 4.31 Å². The largest absolute Gasteiger partial charge is 0.497 e. The number of benzene rings is 1. The van der Waals surface area contributed by atoms with Gasteiger partial charge in [0.2, 0.25) is 15.9 Å². The molecule has 0 radical (unpaired) electrons. The summed E-state index contributed by atoms with van der Waals surface area (Å²) >= 11 is 0. The summed E-state index contributed by atoms with van der Waals surface area (Å²) in [4.78, 5) is 39.0. The maximum atomic E-state index is 13.6. The number of nitrogens with zero attached hydrogens (tertiary/aromatic N) is 2. The van der Waals surface area contributed by atoms with Crippen molar-refractivity contribution in [1.29, 1.82) is 0 Å². The number of esters is 1. The minimum absolute atomic E-state index is 0.0572. The minimum Gasteiger partial charge on any atom is -0.497 e. The Balaban J connectivity index is 2.21. The highest BCUT2D eigenvalue weighted by molar-refractivity contribution is 7.89. The highest BCUT2D eigenvalue weighted by Crippen LogP contribution is 2.25. The van der Waals surface area contributed by atoms with Gasteiger partial charge in [-0.3, -0.25) is 19.6 Å². The van der Waals surface area contributed by atoms with Gasteiger partial charge in [0, 0.05) is 26.1 Å². The summed E-state index contributed by atoms with van der Waals surface area (Å²) in [6.45, 7) is 4.44. The van der Waals surface area contributed by atoms with E-state index in [0.29, 0.717) is 51.1 Å². The zero-order valence-electron chi connectivity index (χ0n) is 21.1. The fourth-order valence-electron chi connectivity index (χ4n) is 4.19. The molecule has 0 aliphatic carbocycles. The van der Waals surface area contributed by atoms with Gasteiger partial charge < -0.3 is 14.4 Å². The maximum Gasteiger partial charge on any atom is 0.309 e. The molecule has 2 amide bonds. The van der Waals surface area contributed by atoms with E-state index >= 15 is 0 Å². The second kappa shape index (κ2) is 14.1. The normalized spacial score (nSPS) is 15.4. The molecule has 1 aromatic rings. The lowest BCUT2D eigenvalue weighted by atomic mass is 9.97. The summed E-state index contributed by atoms with van der Waals surface area (Å²) in [6.07, 6.45) is 2.23. The molecular weight excluding hydrogens is 490 g/mol. The van der Waals surface area contributed by atoms with Crippen molar-refractivity contribution in [1.82, 2.24) is 14.7 Å². The van der Waals surface area contributed by atoms with Crippen LogP contribution in [0, 0.1) is 5.92 Å². The molecule has 1 saturated heterocycles. The van der Waals surface area contributed by atoms with Crippen LogP contribution >= 0.6 is 0 Å². The number of carbonyl (C=O) groups excluding carboxylic acids is 3. The maximum absolute atomic E-state index is 13.6. The summed E-state index contributed by atoms with van der Waals surface area (Å²) in [5.74, 6) is -1.19. The molecule has 1 fully saturated rings. The molecule has 0 saturated carbocycles. The Kier molecular flexibility index (Phi) is 11.6. The average Bonchev–Trinajstić information content (AvgIpc) is 2.90. The van der Waals surface area contributed by atoms with Crippen molar-refractivity contribution in [3.63, 3.8) is 0 Å². The van der Waals surface area contributed by atoms with Gasteiger partial charge in [0.25, 0.3) is 5.91 Å². The van der Waals surface area contributed by atoms with Gasteiger partial charge in [0.15, 0.2) is 0 Å². The fraction of sp³-hybridized carbons (Fsp3) is 0.625. The van der Waals surface area contributed by atoms with Crippen LogP contribution in [0.1, 0.15) is 52.4 Å². The van der Waals surface area contributed by atoms with E-state index in [1.807, 2.05) is 6.92 Å². The molecule has 202 valence electrons. The Hall–Kier alpha value is -2.70. The van der Waals surface area contributed by atoms with Crippen molar-refractivity contribution in [2.75, 3.05) is 33.4 Å². The van der Waals surface area contributed by atoms with Crippen LogP contribution < -0.4 is 10.2 Å². The van der Waals surface area contributed by atoms with Crippen LogP contribution in [0.15, 0.2) is 29.2 Å². The van der Waals surface area contributed by atoms with Crippen LogP contribution in [0.5, 0.6) is 5.75 Å². The highest BCUT2D eigenvalue weighted by Gasteiger charge is 2.36. The van der Waals surface area contributed by atoms with E-state index in [4.69, 9.17) is 9.47 Å². The molecule has 36 heavy (non-hydrogen) atoms. The number of hydroxylamine groups is 1. The molecule has 2 rings (SSSR count). The first kappa shape index (κ1) is 29.5. The number of hydrogen-bond donors (Lipinski definition) is 2. The van der Waals surface area contributed by atoms with Crippen molar-refractivity contribution in [3.05, 3.63) is 24.3 Å². The van der Waals surface area contributed by atoms with E-state index in [-0.39, 0.29) is 42.1 Å². The van der Waals surface area contributed by atoms with Crippen LogP contribution in [0.4, 0.5) is 0 Å². The number of piperidine rings is 1.